The Morgan fingerprint density at radius 3 is 0.806 bits per heavy atom. The Morgan fingerprint density at radius 2 is 0.528 bits per heavy atom. The number of rotatable bonds is 30. The lowest BCUT2D eigenvalue weighted by Crippen LogP contribution is -2.09. The van der Waals surface area contributed by atoms with Crippen LogP contribution in [0.25, 0.3) is 0 Å². The first kappa shape index (κ1) is 35.3. The molecule has 0 fully saturated rings. The summed E-state index contributed by atoms with van der Waals surface area (Å²) in [4.78, 5) is 11.4. The summed E-state index contributed by atoms with van der Waals surface area (Å²) in [6, 6.07) is 0. The van der Waals surface area contributed by atoms with Crippen molar-refractivity contribution in [3.8, 4) is 0 Å². The Kier molecular flexibility index (Phi) is 31.6. The molecule has 0 saturated carbocycles. The maximum atomic E-state index is 11.4. The van der Waals surface area contributed by atoms with Gasteiger partial charge >= 0.3 is 6.16 Å². The monoisotopic (exact) mass is 511 g/mol. The molecule has 0 aromatic carbocycles. The lowest BCUT2D eigenvalue weighted by atomic mass is 10.0. The normalized spacial score (nSPS) is 11.2. The molecular weight excluding hydrogens is 444 g/mol. The zero-order valence-corrected chi connectivity index (χ0v) is 24.9. The van der Waals surface area contributed by atoms with Crippen molar-refractivity contribution < 1.29 is 14.3 Å². The van der Waals surface area contributed by atoms with E-state index < -0.39 is 6.16 Å². The molecule has 0 aliphatic carbocycles. The third kappa shape index (κ3) is 31.3. The molecule has 0 aromatic rings. The summed E-state index contributed by atoms with van der Waals surface area (Å²) < 4.78 is 10.2. The van der Waals surface area contributed by atoms with Crippen molar-refractivity contribution in [2.24, 2.45) is 0 Å². The van der Waals surface area contributed by atoms with Gasteiger partial charge in [-0.3, -0.25) is 0 Å². The summed E-state index contributed by atoms with van der Waals surface area (Å²) in [5.41, 5.74) is 0. The standard InChI is InChI=1S/C33H66O3/c1-3-5-7-8-9-10-11-12-13-14-15-16-17-18-19-20-21-22-23-24-25-26-27-28-30-32-36-33(34)35-31-29-6-4-2/h3-32H2,1-2H3. The fourth-order valence-electron chi connectivity index (χ4n) is 4.95. The van der Waals surface area contributed by atoms with Gasteiger partial charge in [0.15, 0.2) is 0 Å². The molecule has 0 radical (unpaired) electrons. The van der Waals surface area contributed by atoms with Gasteiger partial charge in [-0.05, 0) is 12.8 Å². The maximum absolute atomic E-state index is 11.4. The van der Waals surface area contributed by atoms with Gasteiger partial charge in [0.2, 0.25) is 0 Å². The van der Waals surface area contributed by atoms with Crippen molar-refractivity contribution in [2.75, 3.05) is 13.2 Å². The molecule has 0 rings (SSSR count). The molecule has 0 aromatic heterocycles. The van der Waals surface area contributed by atoms with Crippen molar-refractivity contribution in [3.63, 3.8) is 0 Å². The van der Waals surface area contributed by atoms with E-state index in [-0.39, 0.29) is 0 Å². The number of hydrogen-bond donors (Lipinski definition) is 0. The molecule has 3 nitrogen and oxygen atoms in total. The Morgan fingerprint density at radius 1 is 0.333 bits per heavy atom. The van der Waals surface area contributed by atoms with Crippen molar-refractivity contribution >= 4 is 6.16 Å². The highest BCUT2D eigenvalue weighted by atomic mass is 16.7. The van der Waals surface area contributed by atoms with Crippen molar-refractivity contribution in [2.45, 2.75) is 194 Å². The van der Waals surface area contributed by atoms with Gasteiger partial charge in [-0.15, -0.1) is 0 Å². The summed E-state index contributed by atoms with van der Waals surface area (Å²) >= 11 is 0. The van der Waals surface area contributed by atoms with Gasteiger partial charge in [0.05, 0.1) is 13.2 Å². The molecule has 0 heterocycles. The molecule has 0 N–H and O–H groups in total. The van der Waals surface area contributed by atoms with Gasteiger partial charge < -0.3 is 9.47 Å². The smallest absolute Gasteiger partial charge is 0.434 e. The lowest BCUT2D eigenvalue weighted by Gasteiger charge is -2.06. The Bertz CT molecular complexity index is 410. The van der Waals surface area contributed by atoms with E-state index in [9.17, 15) is 4.79 Å². The highest BCUT2D eigenvalue weighted by Gasteiger charge is 2.02. The topological polar surface area (TPSA) is 35.5 Å². The number of carbonyl (C=O) groups excluding carboxylic acids is 1. The molecule has 216 valence electrons. The van der Waals surface area contributed by atoms with E-state index in [4.69, 9.17) is 9.47 Å². The highest BCUT2D eigenvalue weighted by Crippen LogP contribution is 2.15. The molecule has 0 unspecified atom stereocenters. The van der Waals surface area contributed by atoms with Crippen molar-refractivity contribution in [1.82, 2.24) is 0 Å². The molecule has 0 atom stereocenters. The SMILES string of the molecule is CCCCCCCCCCCCCCCCCCCCCCCCCCCOC(=O)OCCCCC. The van der Waals surface area contributed by atoms with Crippen LogP contribution in [0, 0.1) is 0 Å². The molecule has 0 saturated heterocycles. The van der Waals surface area contributed by atoms with Crippen LogP contribution in [0.5, 0.6) is 0 Å². The maximum Gasteiger partial charge on any atom is 0.508 e. The first-order valence-corrected chi connectivity index (χ1v) is 16.6. The summed E-state index contributed by atoms with van der Waals surface area (Å²) in [6.45, 7) is 5.44. The van der Waals surface area contributed by atoms with Crippen molar-refractivity contribution in [1.29, 1.82) is 0 Å². The van der Waals surface area contributed by atoms with E-state index in [0.717, 1.165) is 32.1 Å². The largest absolute Gasteiger partial charge is 0.508 e. The number of hydrogen-bond acceptors (Lipinski definition) is 3. The number of ether oxygens (including phenoxy) is 2. The van der Waals surface area contributed by atoms with Crippen LogP contribution in [0.2, 0.25) is 0 Å². The van der Waals surface area contributed by atoms with Crippen LogP contribution in [0.3, 0.4) is 0 Å². The first-order chi connectivity index (χ1) is 17.8. The van der Waals surface area contributed by atoms with E-state index in [2.05, 4.69) is 13.8 Å². The minimum absolute atomic E-state index is 0.490. The second kappa shape index (κ2) is 32.3. The van der Waals surface area contributed by atoms with Crippen LogP contribution >= 0.6 is 0 Å². The minimum atomic E-state index is -0.490. The minimum Gasteiger partial charge on any atom is -0.434 e. The van der Waals surface area contributed by atoms with Crippen LogP contribution in [-0.4, -0.2) is 19.4 Å². The summed E-state index contributed by atoms with van der Waals surface area (Å²) in [5.74, 6) is 0. The first-order valence-electron chi connectivity index (χ1n) is 16.6. The molecule has 3 heteroatoms. The molecular formula is C33H66O3. The molecule has 0 spiro atoms. The van der Waals surface area contributed by atoms with E-state index in [1.807, 2.05) is 0 Å². The van der Waals surface area contributed by atoms with E-state index in [1.165, 1.54) is 148 Å². The van der Waals surface area contributed by atoms with Crippen molar-refractivity contribution in [3.05, 3.63) is 0 Å². The van der Waals surface area contributed by atoms with E-state index in [1.54, 1.807) is 0 Å². The van der Waals surface area contributed by atoms with Crippen LogP contribution in [0.1, 0.15) is 194 Å². The number of carbonyl (C=O) groups is 1. The van der Waals surface area contributed by atoms with Crippen LogP contribution in [0.15, 0.2) is 0 Å². The zero-order chi connectivity index (χ0) is 26.2. The third-order valence-corrected chi connectivity index (χ3v) is 7.44. The Labute approximate surface area is 227 Å². The van der Waals surface area contributed by atoms with Crippen LogP contribution in [-0.2, 0) is 9.47 Å². The van der Waals surface area contributed by atoms with Gasteiger partial charge in [0.25, 0.3) is 0 Å². The third-order valence-electron chi connectivity index (χ3n) is 7.44. The van der Waals surface area contributed by atoms with Crippen LogP contribution < -0.4 is 0 Å². The fraction of sp³-hybridized carbons (Fsp3) is 0.970. The van der Waals surface area contributed by atoms with Gasteiger partial charge in [0.1, 0.15) is 0 Å². The summed E-state index contributed by atoms with van der Waals surface area (Å²) in [5, 5.41) is 0. The average Bonchev–Trinajstić information content (AvgIpc) is 2.88. The predicted octanol–water partition coefficient (Wildman–Crippen LogP) is 12.1. The zero-order valence-electron chi connectivity index (χ0n) is 24.9. The van der Waals surface area contributed by atoms with E-state index >= 15 is 0 Å². The Hall–Kier alpha value is -0.730. The average molecular weight is 511 g/mol. The summed E-state index contributed by atoms with van der Waals surface area (Å²) in [7, 11) is 0. The molecule has 0 aliphatic heterocycles. The van der Waals surface area contributed by atoms with Crippen LogP contribution in [0.4, 0.5) is 4.79 Å². The fourth-order valence-corrected chi connectivity index (χ4v) is 4.95. The second-order valence-corrected chi connectivity index (χ2v) is 11.1. The molecule has 0 aliphatic rings. The van der Waals surface area contributed by atoms with E-state index in [0.29, 0.717) is 13.2 Å². The van der Waals surface area contributed by atoms with Gasteiger partial charge in [-0.1, -0.05) is 181 Å². The second-order valence-electron chi connectivity index (χ2n) is 11.1. The quantitative estimate of drug-likeness (QED) is 0.0711. The van der Waals surface area contributed by atoms with Gasteiger partial charge in [-0.2, -0.15) is 0 Å². The lowest BCUT2D eigenvalue weighted by molar-refractivity contribution is 0.0529. The number of unbranched alkanes of at least 4 members (excludes halogenated alkanes) is 26. The predicted molar refractivity (Wildman–Crippen MR) is 158 cm³/mol. The molecule has 36 heavy (non-hydrogen) atoms. The highest BCUT2D eigenvalue weighted by molar-refractivity contribution is 5.59. The molecule has 0 amide bonds. The molecule has 0 bridgehead atoms. The van der Waals surface area contributed by atoms with Gasteiger partial charge in [0, 0.05) is 0 Å². The summed E-state index contributed by atoms with van der Waals surface area (Å²) in [6.07, 6.45) is 37.7. The van der Waals surface area contributed by atoms with Gasteiger partial charge in [-0.25, -0.2) is 4.79 Å². The Balaban J connectivity index is 3.07.